The summed E-state index contributed by atoms with van der Waals surface area (Å²) in [7, 11) is 0. The summed E-state index contributed by atoms with van der Waals surface area (Å²) in [5.74, 6) is 0.292. The van der Waals surface area contributed by atoms with Gasteiger partial charge in [-0.1, -0.05) is 18.2 Å². The molecule has 1 amide bonds. The van der Waals surface area contributed by atoms with Crippen molar-refractivity contribution in [3.8, 4) is 5.75 Å². The standard InChI is InChI=1S/C17H25NO7/c1-11(19)14(20)13(18-15(21)25-17(2,3)4)10-23-16(22)24-12-8-6-5-7-9-12/h5-9,11,13-14,19-20H,10H2,1-4H3,(H,18,21)/t11-,13+,14-/m1/s1. The van der Waals surface area contributed by atoms with E-state index in [1.54, 1.807) is 51.1 Å². The highest BCUT2D eigenvalue weighted by molar-refractivity contribution is 5.68. The van der Waals surface area contributed by atoms with E-state index in [0.29, 0.717) is 5.75 Å². The van der Waals surface area contributed by atoms with Gasteiger partial charge in [0.1, 0.15) is 24.1 Å². The third kappa shape index (κ3) is 8.37. The lowest BCUT2D eigenvalue weighted by Crippen LogP contribution is -2.51. The highest BCUT2D eigenvalue weighted by Gasteiger charge is 2.29. The Kier molecular flexibility index (Phi) is 7.66. The van der Waals surface area contributed by atoms with E-state index in [4.69, 9.17) is 14.2 Å². The fourth-order valence-electron chi connectivity index (χ4n) is 1.79. The maximum absolute atomic E-state index is 11.8. The summed E-state index contributed by atoms with van der Waals surface area (Å²) in [6.07, 6.45) is -4.33. The third-order valence-electron chi connectivity index (χ3n) is 2.93. The normalized spacial score (nSPS) is 14.8. The maximum Gasteiger partial charge on any atom is 0.513 e. The predicted octanol–water partition coefficient (Wildman–Crippen LogP) is 1.84. The van der Waals surface area contributed by atoms with Crippen molar-refractivity contribution in [3.05, 3.63) is 30.3 Å². The van der Waals surface area contributed by atoms with Crippen LogP contribution in [0.25, 0.3) is 0 Å². The number of carbonyl (C=O) groups is 2. The predicted molar refractivity (Wildman–Crippen MR) is 89.3 cm³/mol. The molecule has 0 fully saturated rings. The summed E-state index contributed by atoms with van der Waals surface area (Å²) in [6, 6.07) is 7.21. The molecule has 0 saturated carbocycles. The van der Waals surface area contributed by atoms with Crippen molar-refractivity contribution in [2.24, 2.45) is 0 Å². The molecule has 1 rings (SSSR count). The number of ether oxygens (including phenoxy) is 3. The zero-order valence-corrected chi connectivity index (χ0v) is 14.8. The molecule has 0 spiro atoms. The fraction of sp³-hybridized carbons (Fsp3) is 0.529. The van der Waals surface area contributed by atoms with Crippen LogP contribution >= 0.6 is 0 Å². The number of carbonyl (C=O) groups excluding carboxylic acids is 2. The number of benzene rings is 1. The average Bonchev–Trinajstić information content (AvgIpc) is 2.49. The molecular formula is C17H25NO7. The lowest BCUT2D eigenvalue weighted by Gasteiger charge is -2.27. The molecule has 1 aromatic carbocycles. The van der Waals surface area contributed by atoms with Gasteiger partial charge in [0, 0.05) is 0 Å². The number of hydrogen-bond acceptors (Lipinski definition) is 7. The van der Waals surface area contributed by atoms with Crippen molar-refractivity contribution in [1.29, 1.82) is 0 Å². The number of amides is 1. The van der Waals surface area contributed by atoms with E-state index in [1.165, 1.54) is 6.92 Å². The van der Waals surface area contributed by atoms with E-state index in [0.717, 1.165) is 0 Å². The molecule has 0 aromatic heterocycles. The van der Waals surface area contributed by atoms with E-state index in [9.17, 15) is 19.8 Å². The first-order chi connectivity index (χ1) is 11.6. The van der Waals surface area contributed by atoms with Gasteiger partial charge in [0.25, 0.3) is 0 Å². The lowest BCUT2D eigenvalue weighted by atomic mass is 10.1. The Bertz CT molecular complexity index is 554. The second-order valence-corrected chi connectivity index (χ2v) is 6.46. The summed E-state index contributed by atoms with van der Waals surface area (Å²) in [5.41, 5.74) is -0.739. The van der Waals surface area contributed by atoms with Gasteiger partial charge in [-0.2, -0.15) is 0 Å². The van der Waals surface area contributed by atoms with E-state index >= 15 is 0 Å². The molecule has 0 bridgehead atoms. The van der Waals surface area contributed by atoms with Crippen molar-refractivity contribution in [3.63, 3.8) is 0 Å². The van der Waals surface area contributed by atoms with Crippen LogP contribution in [0.4, 0.5) is 9.59 Å². The van der Waals surface area contributed by atoms with Gasteiger partial charge in [-0.05, 0) is 39.8 Å². The highest BCUT2D eigenvalue weighted by atomic mass is 16.7. The van der Waals surface area contributed by atoms with Crippen LogP contribution in [-0.2, 0) is 9.47 Å². The third-order valence-corrected chi connectivity index (χ3v) is 2.93. The van der Waals surface area contributed by atoms with Crippen LogP contribution in [-0.4, -0.2) is 52.9 Å². The van der Waals surface area contributed by atoms with Gasteiger partial charge < -0.3 is 29.7 Å². The molecule has 0 aliphatic rings. The quantitative estimate of drug-likeness (QED) is 0.527. The number of aliphatic hydroxyl groups is 2. The minimum Gasteiger partial charge on any atom is -0.444 e. The van der Waals surface area contributed by atoms with Gasteiger partial charge in [-0.15, -0.1) is 0 Å². The van der Waals surface area contributed by atoms with Crippen molar-refractivity contribution in [1.82, 2.24) is 5.32 Å². The van der Waals surface area contributed by atoms with Gasteiger partial charge in [-0.25, -0.2) is 9.59 Å². The van der Waals surface area contributed by atoms with Crippen LogP contribution in [0.5, 0.6) is 5.75 Å². The highest BCUT2D eigenvalue weighted by Crippen LogP contribution is 2.11. The van der Waals surface area contributed by atoms with E-state index < -0.39 is 42.7 Å². The first kappa shape index (κ1) is 20.7. The number of rotatable bonds is 6. The number of hydrogen-bond donors (Lipinski definition) is 3. The summed E-state index contributed by atoms with van der Waals surface area (Å²) in [5, 5.41) is 21.9. The molecule has 8 nitrogen and oxygen atoms in total. The van der Waals surface area contributed by atoms with E-state index in [1.807, 2.05) is 0 Å². The number of aliphatic hydroxyl groups excluding tert-OH is 2. The maximum atomic E-state index is 11.8. The Hall–Kier alpha value is -2.32. The van der Waals surface area contributed by atoms with Gasteiger partial charge >= 0.3 is 12.2 Å². The molecule has 140 valence electrons. The zero-order chi connectivity index (χ0) is 19.0. The molecule has 1 aromatic rings. The molecule has 0 saturated heterocycles. The molecule has 0 aliphatic carbocycles. The Labute approximate surface area is 146 Å². The molecule has 3 N–H and O–H groups in total. The van der Waals surface area contributed by atoms with Crippen molar-refractivity contribution in [2.75, 3.05) is 6.61 Å². The Morgan fingerprint density at radius 2 is 1.76 bits per heavy atom. The average molecular weight is 355 g/mol. The van der Waals surface area contributed by atoms with Crippen molar-refractivity contribution >= 4 is 12.2 Å². The minimum atomic E-state index is -1.36. The minimum absolute atomic E-state index is 0.292. The molecule has 3 atom stereocenters. The van der Waals surface area contributed by atoms with Crippen LogP contribution in [0.15, 0.2) is 30.3 Å². The Morgan fingerprint density at radius 1 is 1.16 bits per heavy atom. The summed E-state index contributed by atoms with van der Waals surface area (Å²) in [4.78, 5) is 23.5. The second-order valence-electron chi connectivity index (χ2n) is 6.46. The zero-order valence-electron chi connectivity index (χ0n) is 14.8. The van der Waals surface area contributed by atoms with Crippen LogP contribution < -0.4 is 10.1 Å². The summed E-state index contributed by atoms with van der Waals surface area (Å²) < 4.78 is 14.9. The molecule has 0 heterocycles. The Morgan fingerprint density at radius 3 is 2.28 bits per heavy atom. The lowest BCUT2D eigenvalue weighted by molar-refractivity contribution is -0.0187. The first-order valence-corrected chi connectivity index (χ1v) is 7.84. The van der Waals surface area contributed by atoms with Crippen LogP contribution in [0.1, 0.15) is 27.7 Å². The number of nitrogens with one attached hydrogen (secondary N) is 1. The monoisotopic (exact) mass is 355 g/mol. The summed E-state index contributed by atoms with van der Waals surface area (Å²) >= 11 is 0. The molecular weight excluding hydrogens is 330 g/mol. The van der Waals surface area contributed by atoms with Gasteiger partial charge in [-0.3, -0.25) is 0 Å². The molecule has 0 aliphatic heterocycles. The molecule has 8 heteroatoms. The topological polar surface area (TPSA) is 114 Å². The smallest absolute Gasteiger partial charge is 0.444 e. The largest absolute Gasteiger partial charge is 0.513 e. The van der Waals surface area contributed by atoms with Crippen LogP contribution in [0, 0.1) is 0 Å². The van der Waals surface area contributed by atoms with Gasteiger partial charge in [0.2, 0.25) is 0 Å². The van der Waals surface area contributed by atoms with Gasteiger partial charge in [0.15, 0.2) is 0 Å². The van der Waals surface area contributed by atoms with Crippen LogP contribution in [0.2, 0.25) is 0 Å². The van der Waals surface area contributed by atoms with E-state index in [-0.39, 0.29) is 0 Å². The van der Waals surface area contributed by atoms with Gasteiger partial charge in [0.05, 0.1) is 12.1 Å². The van der Waals surface area contributed by atoms with Crippen LogP contribution in [0.3, 0.4) is 0 Å². The molecule has 25 heavy (non-hydrogen) atoms. The number of para-hydroxylation sites is 1. The second kappa shape index (κ2) is 9.24. The molecule has 0 radical (unpaired) electrons. The first-order valence-electron chi connectivity index (χ1n) is 7.84. The van der Waals surface area contributed by atoms with Crippen molar-refractivity contribution < 1.29 is 34.0 Å². The number of alkyl carbamates (subject to hydrolysis) is 1. The Balaban J connectivity index is 2.61. The SMILES string of the molecule is C[C@@H](O)[C@@H](O)[C@H](COC(=O)Oc1ccccc1)NC(=O)OC(C)(C)C. The summed E-state index contributed by atoms with van der Waals surface area (Å²) in [6.45, 7) is 5.98. The molecule has 0 unspecified atom stereocenters. The van der Waals surface area contributed by atoms with Crippen molar-refractivity contribution in [2.45, 2.75) is 51.5 Å². The van der Waals surface area contributed by atoms with E-state index in [2.05, 4.69) is 5.32 Å². The fourth-order valence-corrected chi connectivity index (χ4v) is 1.79.